The molecule has 1 aromatic heterocycles. The van der Waals surface area contributed by atoms with Crippen molar-refractivity contribution in [2.45, 2.75) is 24.7 Å². The van der Waals surface area contributed by atoms with E-state index in [-0.39, 0.29) is 11.9 Å². The largest absolute Gasteiger partial charge is 0.349 e. The van der Waals surface area contributed by atoms with E-state index in [0.717, 1.165) is 10.0 Å². The van der Waals surface area contributed by atoms with Gasteiger partial charge in [-0.1, -0.05) is 45.9 Å². The number of amides is 1. The van der Waals surface area contributed by atoms with Gasteiger partial charge in [0.15, 0.2) is 5.16 Å². The average Bonchev–Trinajstić information content (AvgIpc) is 2.93. The maximum Gasteiger partial charge on any atom is 0.230 e. The summed E-state index contributed by atoms with van der Waals surface area (Å²) in [4.78, 5) is 12.0. The average molecular weight is 381 g/mol. The lowest BCUT2D eigenvalue weighted by molar-refractivity contribution is -0.119. The Balaban J connectivity index is 1.86. The first-order valence-corrected chi connectivity index (χ1v) is 8.54. The van der Waals surface area contributed by atoms with Crippen molar-refractivity contribution in [3.63, 3.8) is 0 Å². The Morgan fingerprint density at radius 1 is 1.50 bits per heavy atom. The Kier molecular flexibility index (Phi) is 6.21. The Bertz CT molecular complexity index is 641. The van der Waals surface area contributed by atoms with E-state index >= 15 is 0 Å². The summed E-state index contributed by atoms with van der Waals surface area (Å²) in [6, 6.07) is 7.87. The first-order chi connectivity index (χ1) is 10.6. The smallest absolute Gasteiger partial charge is 0.230 e. The van der Waals surface area contributed by atoms with Crippen LogP contribution in [-0.4, -0.2) is 26.4 Å². The van der Waals surface area contributed by atoms with E-state index in [1.807, 2.05) is 35.8 Å². The van der Waals surface area contributed by atoms with Crippen LogP contribution in [0.3, 0.4) is 0 Å². The molecule has 1 atom stereocenters. The molecule has 2 aromatic rings. The summed E-state index contributed by atoms with van der Waals surface area (Å²) < 4.78 is 2.87. The number of thioether (sulfide) groups is 1. The van der Waals surface area contributed by atoms with E-state index in [9.17, 15) is 4.79 Å². The number of halogens is 1. The molecule has 0 bridgehead atoms. The van der Waals surface area contributed by atoms with E-state index in [2.05, 4.69) is 38.0 Å². The standard InChI is InChI=1S/C15H17BrN4OS/c1-3-8-20-10-17-19-15(20)22-9-14(21)18-11(2)12-4-6-13(16)7-5-12/h3-7,10-11H,1,8-9H2,2H3,(H,18,21)/t11-/m0/s1. The van der Waals surface area contributed by atoms with E-state index in [1.54, 1.807) is 12.4 Å². The van der Waals surface area contributed by atoms with Crippen LogP contribution in [0.2, 0.25) is 0 Å². The minimum Gasteiger partial charge on any atom is -0.349 e. The molecule has 5 nitrogen and oxygen atoms in total. The van der Waals surface area contributed by atoms with Crippen molar-refractivity contribution in [1.82, 2.24) is 20.1 Å². The number of allylic oxidation sites excluding steroid dienone is 1. The first-order valence-electron chi connectivity index (χ1n) is 6.76. The molecule has 7 heteroatoms. The summed E-state index contributed by atoms with van der Waals surface area (Å²) in [5, 5.41) is 11.5. The molecule has 0 aliphatic carbocycles. The first kappa shape index (κ1) is 16.8. The SMILES string of the molecule is C=CCn1cnnc1SCC(=O)N[C@@H](C)c1ccc(Br)cc1. The Morgan fingerprint density at radius 3 is 2.91 bits per heavy atom. The topological polar surface area (TPSA) is 59.8 Å². The van der Waals surface area contributed by atoms with Gasteiger partial charge in [-0.05, 0) is 24.6 Å². The fourth-order valence-corrected chi connectivity index (χ4v) is 2.87. The molecule has 0 aliphatic rings. The lowest BCUT2D eigenvalue weighted by atomic mass is 10.1. The number of hydrogen-bond donors (Lipinski definition) is 1. The quantitative estimate of drug-likeness (QED) is 0.591. The molecule has 0 spiro atoms. The van der Waals surface area contributed by atoms with Gasteiger partial charge in [0.05, 0.1) is 11.8 Å². The Hall–Kier alpha value is -1.60. The Labute approximate surface area is 142 Å². The molecule has 0 fully saturated rings. The molecule has 1 amide bonds. The second kappa shape index (κ2) is 8.14. The molecule has 2 rings (SSSR count). The monoisotopic (exact) mass is 380 g/mol. The normalized spacial score (nSPS) is 11.9. The second-order valence-corrected chi connectivity index (χ2v) is 6.54. The highest BCUT2D eigenvalue weighted by Gasteiger charge is 2.12. The minimum atomic E-state index is -0.0350. The molecule has 1 aromatic carbocycles. The molecule has 116 valence electrons. The molecule has 1 N–H and O–H groups in total. The minimum absolute atomic E-state index is 0.0337. The van der Waals surface area contributed by atoms with Gasteiger partial charge >= 0.3 is 0 Å². The number of nitrogens with one attached hydrogen (secondary N) is 1. The third kappa shape index (κ3) is 4.71. The van der Waals surface area contributed by atoms with Gasteiger partial charge in [-0.2, -0.15) is 0 Å². The molecule has 1 heterocycles. The summed E-state index contributed by atoms with van der Waals surface area (Å²) in [6.07, 6.45) is 3.40. The lowest BCUT2D eigenvalue weighted by Crippen LogP contribution is -2.28. The Morgan fingerprint density at radius 2 is 2.23 bits per heavy atom. The molecule has 0 aliphatic heterocycles. The van der Waals surface area contributed by atoms with Gasteiger partial charge in [-0.3, -0.25) is 4.79 Å². The highest BCUT2D eigenvalue weighted by Crippen LogP contribution is 2.18. The van der Waals surface area contributed by atoms with Gasteiger partial charge in [0, 0.05) is 11.0 Å². The summed E-state index contributed by atoms with van der Waals surface area (Å²) in [6.45, 7) is 6.28. The fraction of sp³-hybridized carbons (Fsp3) is 0.267. The van der Waals surface area contributed by atoms with Crippen molar-refractivity contribution in [2.24, 2.45) is 0 Å². The zero-order chi connectivity index (χ0) is 15.9. The number of carbonyl (C=O) groups is 1. The number of hydrogen-bond acceptors (Lipinski definition) is 4. The van der Waals surface area contributed by atoms with Crippen molar-refractivity contribution in [1.29, 1.82) is 0 Å². The van der Waals surface area contributed by atoms with Crippen LogP contribution in [0.25, 0.3) is 0 Å². The van der Waals surface area contributed by atoms with Crippen LogP contribution in [0.5, 0.6) is 0 Å². The summed E-state index contributed by atoms with van der Waals surface area (Å²) in [7, 11) is 0. The van der Waals surface area contributed by atoms with Crippen molar-refractivity contribution < 1.29 is 4.79 Å². The predicted octanol–water partition coefficient (Wildman–Crippen LogP) is 3.20. The van der Waals surface area contributed by atoms with Crippen LogP contribution in [-0.2, 0) is 11.3 Å². The van der Waals surface area contributed by atoms with Gasteiger partial charge < -0.3 is 9.88 Å². The van der Waals surface area contributed by atoms with Gasteiger partial charge in [0.2, 0.25) is 5.91 Å². The third-order valence-electron chi connectivity index (χ3n) is 2.99. The maximum absolute atomic E-state index is 12.0. The van der Waals surface area contributed by atoms with Crippen LogP contribution < -0.4 is 5.32 Å². The van der Waals surface area contributed by atoms with Gasteiger partial charge in [0.1, 0.15) is 6.33 Å². The van der Waals surface area contributed by atoms with Gasteiger partial charge in [-0.15, -0.1) is 16.8 Å². The predicted molar refractivity (Wildman–Crippen MR) is 91.6 cm³/mol. The van der Waals surface area contributed by atoms with Gasteiger partial charge in [-0.25, -0.2) is 0 Å². The molecule has 0 unspecified atom stereocenters. The summed E-state index contributed by atoms with van der Waals surface area (Å²) in [5.41, 5.74) is 1.07. The van der Waals surface area contributed by atoms with Crippen LogP contribution in [0.1, 0.15) is 18.5 Å². The van der Waals surface area contributed by atoms with Crippen molar-refractivity contribution in [3.05, 3.63) is 53.3 Å². The fourth-order valence-electron chi connectivity index (χ4n) is 1.87. The summed E-state index contributed by atoms with van der Waals surface area (Å²) in [5.74, 6) is 0.269. The van der Waals surface area contributed by atoms with E-state index < -0.39 is 0 Å². The number of aromatic nitrogens is 3. The van der Waals surface area contributed by atoms with Crippen LogP contribution in [0.15, 0.2) is 52.9 Å². The van der Waals surface area contributed by atoms with Crippen molar-refractivity contribution in [3.8, 4) is 0 Å². The number of benzene rings is 1. The van der Waals surface area contributed by atoms with Crippen LogP contribution >= 0.6 is 27.7 Å². The van der Waals surface area contributed by atoms with Crippen LogP contribution in [0, 0.1) is 0 Å². The molecule has 22 heavy (non-hydrogen) atoms. The summed E-state index contributed by atoms with van der Waals surface area (Å²) >= 11 is 4.76. The van der Waals surface area contributed by atoms with Crippen molar-refractivity contribution in [2.75, 3.05) is 5.75 Å². The molecule has 0 saturated heterocycles. The van der Waals surface area contributed by atoms with E-state index in [1.165, 1.54) is 11.8 Å². The number of nitrogens with zero attached hydrogens (tertiary/aromatic N) is 3. The highest BCUT2D eigenvalue weighted by atomic mass is 79.9. The van der Waals surface area contributed by atoms with Crippen molar-refractivity contribution >= 4 is 33.6 Å². The zero-order valence-corrected chi connectivity index (χ0v) is 14.6. The lowest BCUT2D eigenvalue weighted by Gasteiger charge is -2.14. The third-order valence-corrected chi connectivity index (χ3v) is 4.50. The zero-order valence-electron chi connectivity index (χ0n) is 12.2. The molecule has 0 radical (unpaired) electrons. The van der Waals surface area contributed by atoms with Crippen LogP contribution in [0.4, 0.5) is 0 Å². The van der Waals surface area contributed by atoms with E-state index in [4.69, 9.17) is 0 Å². The molecule has 0 saturated carbocycles. The number of rotatable bonds is 7. The molecular formula is C15H17BrN4OS. The maximum atomic E-state index is 12.0. The van der Waals surface area contributed by atoms with E-state index in [0.29, 0.717) is 17.5 Å². The highest BCUT2D eigenvalue weighted by molar-refractivity contribution is 9.10. The second-order valence-electron chi connectivity index (χ2n) is 4.68. The molecular weight excluding hydrogens is 364 g/mol. The van der Waals surface area contributed by atoms with Gasteiger partial charge in [0.25, 0.3) is 0 Å². The number of carbonyl (C=O) groups excluding carboxylic acids is 1.